The largest absolute Gasteiger partial charge is 0.348 e. The van der Waals surface area contributed by atoms with E-state index in [-0.39, 0.29) is 0 Å². The highest BCUT2D eigenvalue weighted by Gasteiger charge is 2.12. The van der Waals surface area contributed by atoms with Gasteiger partial charge in [0.05, 0.1) is 12.2 Å². The van der Waals surface area contributed by atoms with Crippen molar-refractivity contribution in [3.63, 3.8) is 0 Å². The molecule has 2 aromatic rings. The number of nitrogens with one attached hydrogen (secondary N) is 1. The number of rotatable bonds is 5. The molecule has 0 aliphatic carbocycles. The Morgan fingerprint density at radius 2 is 2.06 bits per heavy atom. The molecule has 4 nitrogen and oxygen atoms in total. The van der Waals surface area contributed by atoms with E-state index >= 15 is 0 Å². The number of aromatic amines is 1. The van der Waals surface area contributed by atoms with Crippen LogP contribution in [0.1, 0.15) is 25.4 Å². The highest BCUT2D eigenvalue weighted by atomic mass is 15.2. The van der Waals surface area contributed by atoms with Crippen molar-refractivity contribution in [2.75, 3.05) is 0 Å². The highest BCUT2D eigenvalue weighted by molar-refractivity contribution is 5.03. The summed E-state index contributed by atoms with van der Waals surface area (Å²) in [7, 11) is 0. The maximum absolute atomic E-state index is 4.36. The van der Waals surface area contributed by atoms with E-state index in [9.17, 15) is 0 Å². The Balaban J connectivity index is 2.03. The Labute approximate surface area is 102 Å². The fraction of sp³-hybridized carbons (Fsp3) is 0.385. The molecular formula is C13H18N4. The van der Waals surface area contributed by atoms with Gasteiger partial charge in [-0.1, -0.05) is 6.07 Å². The van der Waals surface area contributed by atoms with Crippen LogP contribution in [0.3, 0.4) is 0 Å². The van der Waals surface area contributed by atoms with E-state index in [0.29, 0.717) is 6.04 Å². The van der Waals surface area contributed by atoms with E-state index in [1.54, 1.807) is 6.20 Å². The van der Waals surface area contributed by atoms with Crippen molar-refractivity contribution in [1.82, 2.24) is 19.9 Å². The molecule has 0 aliphatic rings. The van der Waals surface area contributed by atoms with Crippen molar-refractivity contribution < 1.29 is 0 Å². The Bertz CT molecular complexity index is 422. The lowest BCUT2D eigenvalue weighted by Crippen LogP contribution is -2.30. The van der Waals surface area contributed by atoms with Gasteiger partial charge in [-0.2, -0.15) is 0 Å². The van der Waals surface area contributed by atoms with Crippen LogP contribution in [0.2, 0.25) is 0 Å². The maximum Gasteiger partial charge on any atom is 0.120 e. The number of H-pyrrole nitrogens is 1. The highest BCUT2D eigenvalue weighted by Crippen LogP contribution is 2.09. The zero-order chi connectivity index (χ0) is 12.1. The van der Waals surface area contributed by atoms with Crippen molar-refractivity contribution >= 4 is 0 Å². The van der Waals surface area contributed by atoms with Crippen molar-refractivity contribution in [2.45, 2.75) is 33.0 Å². The lowest BCUT2D eigenvalue weighted by molar-refractivity contribution is 0.196. The second-order valence-corrected chi connectivity index (χ2v) is 4.36. The minimum atomic E-state index is 0.460. The third-order valence-electron chi connectivity index (χ3n) is 2.73. The Morgan fingerprint density at radius 1 is 1.18 bits per heavy atom. The minimum absolute atomic E-state index is 0.460. The normalized spacial score (nSPS) is 11.3. The number of pyridine rings is 1. The van der Waals surface area contributed by atoms with Gasteiger partial charge in [0.2, 0.25) is 0 Å². The number of hydrogen-bond acceptors (Lipinski definition) is 3. The van der Waals surface area contributed by atoms with Gasteiger partial charge in [0, 0.05) is 31.2 Å². The van der Waals surface area contributed by atoms with Crippen LogP contribution >= 0.6 is 0 Å². The van der Waals surface area contributed by atoms with Gasteiger partial charge in [-0.25, -0.2) is 4.98 Å². The van der Waals surface area contributed by atoms with E-state index in [0.717, 1.165) is 24.6 Å². The second-order valence-electron chi connectivity index (χ2n) is 4.36. The molecule has 0 radical (unpaired) electrons. The molecule has 1 N–H and O–H groups in total. The molecule has 2 aromatic heterocycles. The molecule has 0 spiro atoms. The fourth-order valence-corrected chi connectivity index (χ4v) is 1.70. The number of hydrogen-bond donors (Lipinski definition) is 1. The summed E-state index contributed by atoms with van der Waals surface area (Å²) >= 11 is 0. The molecule has 17 heavy (non-hydrogen) atoms. The summed E-state index contributed by atoms with van der Waals surface area (Å²) in [6.07, 6.45) is 5.48. The van der Waals surface area contributed by atoms with Crippen molar-refractivity contribution in [3.05, 3.63) is 48.3 Å². The standard InChI is InChI=1S/C13H18N4/c1-11(2)17(10-13-15-7-8-16-13)9-12-5-3-4-6-14-12/h3-8,11H,9-10H2,1-2H3,(H,15,16). The molecule has 0 saturated heterocycles. The molecule has 0 atom stereocenters. The average Bonchev–Trinajstić information content (AvgIpc) is 2.82. The van der Waals surface area contributed by atoms with Gasteiger partial charge in [-0.05, 0) is 26.0 Å². The summed E-state index contributed by atoms with van der Waals surface area (Å²) in [5, 5.41) is 0. The van der Waals surface area contributed by atoms with E-state index in [1.165, 1.54) is 0 Å². The molecule has 4 heteroatoms. The van der Waals surface area contributed by atoms with E-state index in [1.807, 2.05) is 24.5 Å². The molecule has 0 fully saturated rings. The number of nitrogens with zero attached hydrogens (tertiary/aromatic N) is 3. The monoisotopic (exact) mass is 230 g/mol. The van der Waals surface area contributed by atoms with Crippen LogP contribution in [-0.2, 0) is 13.1 Å². The molecule has 0 amide bonds. The summed E-state index contributed by atoms with van der Waals surface area (Å²) in [4.78, 5) is 14.1. The Kier molecular flexibility index (Phi) is 3.88. The quantitative estimate of drug-likeness (QED) is 0.856. The van der Waals surface area contributed by atoms with Gasteiger partial charge in [0.25, 0.3) is 0 Å². The minimum Gasteiger partial charge on any atom is -0.348 e. The van der Waals surface area contributed by atoms with E-state index in [4.69, 9.17) is 0 Å². The topological polar surface area (TPSA) is 44.8 Å². The molecule has 0 aromatic carbocycles. The lowest BCUT2D eigenvalue weighted by atomic mass is 10.2. The van der Waals surface area contributed by atoms with Crippen LogP contribution in [0, 0.1) is 0 Å². The number of imidazole rings is 1. The Hall–Kier alpha value is -1.68. The summed E-state index contributed by atoms with van der Waals surface area (Å²) in [5.74, 6) is 0.995. The predicted octanol–water partition coefficient (Wildman–Crippen LogP) is 2.22. The zero-order valence-corrected chi connectivity index (χ0v) is 10.3. The van der Waals surface area contributed by atoms with Crippen LogP contribution in [0.15, 0.2) is 36.8 Å². The van der Waals surface area contributed by atoms with Crippen molar-refractivity contribution in [3.8, 4) is 0 Å². The molecule has 90 valence electrons. The third kappa shape index (κ3) is 3.39. The number of aromatic nitrogens is 3. The van der Waals surface area contributed by atoms with E-state index < -0.39 is 0 Å². The fourth-order valence-electron chi connectivity index (χ4n) is 1.70. The smallest absolute Gasteiger partial charge is 0.120 e. The summed E-state index contributed by atoms with van der Waals surface area (Å²) in [6, 6.07) is 6.48. The van der Waals surface area contributed by atoms with Crippen LogP contribution in [0.5, 0.6) is 0 Å². The molecule has 0 bridgehead atoms. The molecule has 2 rings (SSSR count). The zero-order valence-electron chi connectivity index (χ0n) is 10.3. The lowest BCUT2D eigenvalue weighted by Gasteiger charge is -2.24. The summed E-state index contributed by atoms with van der Waals surface area (Å²) in [5.41, 5.74) is 1.09. The first-order chi connectivity index (χ1) is 8.25. The van der Waals surface area contributed by atoms with Crippen LogP contribution in [0.4, 0.5) is 0 Å². The Morgan fingerprint density at radius 3 is 2.65 bits per heavy atom. The van der Waals surface area contributed by atoms with Crippen LogP contribution in [0.25, 0.3) is 0 Å². The second kappa shape index (κ2) is 5.59. The van der Waals surface area contributed by atoms with Gasteiger partial charge in [-0.3, -0.25) is 9.88 Å². The van der Waals surface area contributed by atoms with Crippen molar-refractivity contribution in [1.29, 1.82) is 0 Å². The first kappa shape index (κ1) is 11.8. The van der Waals surface area contributed by atoms with Gasteiger partial charge >= 0.3 is 0 Å². The van der Waals surface area contributed by atoms with E-state index in [2.05, 4.69) is 39.8 Å². The molecule has 0 aliphatic heterocycles. The SMILES string of the molecule is CC(C)N(Cc1ccccn1)Cc1ncc[nH]1. The van der Waals surface area contributed by atoms with Crippen LogP contribution in [-0.4, -0.2) is 25.9 Å². The summed E-state index contributed by atoms with van der Waals surface area (Å²) < 4.78 is 0. The predicted molar refractivity (Wildman–Crippen MR) is 67.2 cm³/mol. The molecule has 0 saturated carbocycles. The van der Waals surface area contributed by atoms with Gasteiger partial charge in [0.15, 0.2) is 0 Å². The van der Waals surface area contributed by atoms with Gasteiger partial charge < -0.3 is 4.98 Å². The van der Waals surface area contributed by atoms with Gasteiger partial charge in [0.1, 0.15) is 5.82 Å². The molecule has 0 unspecified atom stereocenters. The van der Waals surface area contributed by atoms with Crippen LogP contribution < -0.4 is 0 Å². The molecular weight excluding hydrogens is 212 g/mol. The van der Waals surface area contributed by atoms with Gasteiger partial charge in [-0.15, -0.1) is 0 Å². The maximum atomic E-state index is 4.36. The first-order valence-electron chi connectivity index (χ1n) is 5.88. The molecule has 2 heterocycles. The average molecular weight is 230 g/mol. The van der Waals surface area contributed by atoms with Crippen molar-refractivity contribution in [2.24, 2.45) is 0 Å². The third-order valence-corrected chi connectivity index (χ3v) is 2.73. The summed E-state index contributed by atoms with van der Waals surface area (Å²) in [6.45, 7) is 6.04. The first-order valence-corrected chi connectivity index (χ1v) is 5.88.